The van der Waals surface area contributed by atoms with Crippen molar-refractivity contribution in [1.82, 2.24) is 9.97 Å². The van der Waals surface area contributed by atoms with Crippen LogP contribution in [0.15, 0.2) is 48.9 Å². The summed E-state index contributed by atoms with van der Waals surface area (Å²) in [6, 6.07) is 8.15. The predicted octanol–water partition coefficient (Wildman–Crippen LogP) is 3.74. The molecule has 0 saturated heterocycles. The summed E-state index contributed by atoms with van der Waals surface area (Å²) in [5.41, 5.74) is -0.0253. The standard InChI is InChI=1S/C8H8F3N.C5H5N/c1-2-6-3-4-7(12-5-6)8(9,10)11;1-2-4-6-5-3-1/h3-5H,2H2,1H3;1-5H. The van der Waals surface area contributed by atoms with Crippen LogP contribution in [0.1, 0.15) is 18.2 Å². The molecular formula is C13H13F3N2. The highest BCUT2D eigenvalue weighted by molar-refractivity contribution is 5.15. The van der Waals surface area contributed by atoms with E-state index in [1.807, 2.05) is 25.1 Å². The summed E-state index contributed by atoms with van der Waals surface area (Å²) >= 11 is 0. The van der Waals surface area contributed by atoms with Crippen molar-refractivity contribution in [3.8, 4) is 0 Å². The molecule has 2 aromatic rings. The molecular weight excluding hydrogens is 241 g/mol. The lowest BCUT2D eigenvalue weighted by Crippen LogP contribution is -2.07. The summed E-state index contributed by atoms with van der Waals surface area (Å²) in [6.07, 6.45) is 1.13. The molecule has 0 aliphatic rings. The number of hydrogen-bond donors (Lipinski definition) is 0. The van der Waals surface area contributed by atoms with Crippen molar-refractivity contribution in [3.63, 3.8) is 0 Å². The number of alkyl halides is 3. The Labute approximate surface area is 104 Å². The summed E-state index contributed by atoms with van der Waals surface area (Å²) < 4.78 is 35.9. The summed E-state index contributed by atoms with van der Waals surface area (Å²) in [7, 11) is 0. The molecule has 0 fully saturated rings. The van der Waals surface area contributed by atoms with Gasteiger partial charge in [0, 0.05) is 18.6 Å². The Bertz CT molecular complexity index is 411. The number of aromatic nitrogens is 2. The maximum Gasteiger partial charge on any atom is 0.433 e. The minimum Gasteiger partial charge on any atom is -0.265 e. The molecule has 0 unspecified atom stereocenters. The largest absolute Gasteiger partial charge is 0.433 e. The minimum atomic E-state index is -4.33. The van der Waals surface area contributed by atoms with Gasteiger partial charge in [-0.3, -0.25) is 9.97 Å². The first-order valence-electron chi connectivity index (χ1n) is 5.41. The molecule has 2 nitrogen and oxygen atoms in total. The van der Waals surface area contributed by atoms with E-state index in [-0.39, 0.29) is 0 Å². The Hall–Kier alpha value is -1.91. The summed E-state index contributed by atoms with van der Waals surface area (Å²) in [5.74, 6) is 0. The van der Waals surface area contributed by atoms with Crippen LogP contribution < -0.4 is 0 Å². The lowest BCUT2D eigenvalue weighted by molar-refractivity contribution is -0.141. The Morgan fingerprint density at radius 1 is 1.06 bits per heavy atom. The molecule has 0 atom stereocenters. The fourth-order valence-electron chi connectivity index (χ4n) is 1.11. The van der Waals surface area contributed by atoms with Gasteiger partial charge in [0.05, 0.1) is 0 Å². The van der Waals surface area contributed by atoms with Gasteiger partial charge in [0.1, 0.15) is 5.69 Å². The van der Waals surface area contributed by atoms with Crippen molar-refractivity contribution in [2.24, 2.45) is 0 Å². The van der Waals surface area contributed by atoms with Crippen LogP contribution in [0, 0.1) is 0 Å². The second-order valence-corrected chi connectivity index (χ2v) is 3.43. The van der Waals surface area contributed by atoms with E-state index in [1.165, 1.54) is 12.3 Å². The normalized spacial score (nSPS) is 10.4. The van der Waals surface area contributed by atoms with Crippen LogP contribution in [0.25, 0.3) is 0 Å². The molecule has 2 heterocycles. The molecule has 96 valence electrons. The molecule has 2 aromatic heterocycles. The summed E-state index contributed by atoms with van der Waals surface area (Å²) in [6.45, 7) is 1.87. The van der Waals surface area contributed by atoms with Gasteiger partial charge in [0.25, 0.3) is 0 Å². The fraction of sp³-hybridized carbons (Fsp3) is 0.231. The third-order valence-corrected chi connectivity index (χ3v) is 2.09. The zero-order chi connectivity index (χ0) is 13.4. The van der Waals surface area contributed by atoms with Crippen molar-refractivity contribution in [1.29, 1.82) is 0 Å². The Morgan fingerprint density at radius 2 is 1.72 bits per heavy atom. The third kappa shape index (κ3) is 4.95. The zero-order valence-corrected chi connectivity index (χ0v) is 9.85. The molecule has 0 spiro atoms. The van der Waals surface area contributed by atoms with Gasteiger partial charge < -0.3 is 0 Å². The van der Waals surface area contributed by atoms with Gasteiger partial charge >= 0.3 is 6.18 Å². The van der Waals surface area contributed by atoms with E-state index in [1.54, 1.807) is 12.4 Å². The van der Waals surface area contributed by atoms with Crippen molar-refractivity contribution in [3.05, 3.63) is 60.2 Å². The Balaban J connectivity index is 0.000000225. The van der Waals surface area contributed by atoms with Crippen LogP contribution >= 0.6 is 0 Å². The van der Waals surface area contributed by atoms with Gasteiger partial charge in [-0.25, -0.2) is 0 Å². The Kier molecular flexibility index (Phi) is 5.30. The van der Waals surface area contributed by atoms with Gasteiger partial charge in [0.2, 0.25) is 0 Å². The molecule has 0 aliphatic heterocycles. The van der Waals surface area contributed by atoms with Crippen LogP contribution in [0.3, 0.4) is 0 Å². The van der Waals surface area contributed by atoms with Gasteiger partial charge in [-0.05, 0) is 30.2 Å². The number of rotatable bonds is 1. The molecule has 0 radical (unpaired) electrons. The summed E-state index contributed by atoms with van der Waals surface area (Å²) in [5, 5.41) is 0. The van der Waals surface area contributed by atoms with Crippen LogP contribution in [-0.2, 0) is 12.6 Å². The lowest BCUT2D eigenvalue weighted by Gasteiger charge is -2.04. The van der Waals surface area contributed by atoms with Gasteiger partial charge in [-0.2, -0.15) is 13.2 Å². The smallest absolute Gasteiger partial charge is 0.265 e. The first-order chi connectivity index (χ1) is 8.54. The number of aryl methyl sites for hydroxylation is 1. The molecule has 0 saturated carbocycles. The molecule has 0 bridgehead atoms. The van der Waals surface area contributed by atoms with Gasteiger partial charge in [-0.1, -0.05) is 19.1 Å². The number of nitrogens with zero attached hydrogens (tertiary/aromatic N) is 2. The van der Waals surface area contributed by atoms with Crippen LogP contribution in [0.5, 0.6) is 0 Å². The first kappa shape index (κ1) is 14.2. The maximum absolute atomic E-state index is 12.0. The van der Waals surface area contributed by atoms with E-state index in [9.17, 15) is 13.2 Å². The molecule has 0 amide bonds. The van der Waals surface area contributed by atoms with Crippen LogP contribution in [0.2, 0.25) is 0 Å². The van der Waals surface area contributed by atoms with E-state index in [0.717, 1.165) is 11.6 Å². The predicted molar refractivity (Wildman–Crippen MR) is 62.9 cm³/mol. The first-order valence-corrected chi connectivity index (χ1v) is 5.41. The fourth-order valence-corrected chi connectivity index (χ4v) is 1.11. The average molecular weight is 254 g/mol. The lowest BCUT2D eigenvalue weighted by atomic mass is 10.2. The van der Waals surface area contributed by atoms with Crippen molar-refractivity contribution < 1.29 is 13.2 Å². The number of halogens is 3. The highest BCUT2D eigenvalue weighted by Gasteiger charge is 2.31. The van der Waals surface area contributed by atoms with Crippen LogP contribution in [-0.4, -0.2) is 9.97 Å². The molecule has 0 aliphatic carbocycles. The topological polar surface area (TPSA) is 25.8 Å². The van der Waals surface area contributed by atoms with Crippen molar-refractivity contribution in [2.75, 3.05) is 0 Å². The highest BCUT2D eigenvalue weighted by Crippen LogP contribution is 2.27. The third-order valence-electron chi connectivity index (χ3n) is 2.09. The van der Waals surface area contributed by atoms with Crippen molar-refractivity contribution >= 4 is 0 Å². The van der Waals surface area contributed by atoms with Gasteiger partial charge in [-0.15, -0.1) is 0 Å². The van der Waals surface area contributed by atoms with Gasteiger partial charge in [0.15, 0.2) is 0 Å². The average Bonchev–Trinajstić information content (AvgIpc) is 2.40. The van der Waals surface area contributed by atoms with Crippen LogP contribution in [0.4, 0.5) is 13.2 Å². The molecule has 0 N–H and O–H groups in total. The summed E-state index contributed by atoms with van der Waals surface area (Å²) in [4.78, 5) is 7.08. The molecule has 18 heavy (non-hydrogen) atoms. The van der Waals surface area contributed by atoms with E-state index in [4.69, 9.17) is 0 Å². The molecule has 5 heteroatoms. The number of pyridine rings is 2. The zero-order valence-electron chi connectivity index (χ0n) is 9.85. The maximum atomic E-state index is 12.0. The van der Waals surface area contributed by atoms with E-state index in [0.29, 0.717) is 6.42 Å². The molecule has 2 rings (SSSR count). The minimum absolute atomic E-state index is 0.700. The second-order valence-electron chi connectivity index (χ2n) is 3.43. The SMILES string of the molecule is CCc1ccc(C(F)(F)F)nc1.c1ccncc1. The van der Waals surface area contributed by atoms with Crippen molar-refractivity contribution in [2.45, 2.75) is 19.5 Å². The van der Waals surface area contributed by atoms with E-state index < -0.39 is 11.9 Å². The molecule has 0 aromatic carbocycles. The number of hydrogen-bond acceptors (Lipinski definition) is 2. The second kappa shape index (κ2) is 6.74. The van der Waals surface area contributed by atoms with E-state index >= 15 is 0 Å². The van der Waals surface area contributed by atoms with E-state index in [2.05, 4.69) is 9.97 Å². The monoisotopic (exact) mass is 254 g/mol. The quantitative estimate of drug-likeness (QED) is 0.774. The Morgan fingerprint density at radius 3 is 2.00 bits per heavy atom. The highest BCUT2D eigenvalue weighted by atomic mass is 19.4.